The van der Waals surface area contributed by atoms with Crippen molar-refractivity contribution >= 4 is 0 Å². The number of hydrogen-bond donors (Lipinski definition) is 2. The molecule has 1 unspecified atom stereocenters. The first kappa shape index (κ1) is 13.0. The van der Waals surface area contributed by atoms with E-state index in [1.807, 2.05) is 32.9 Å². The van der Waals surface area contributed by atoms with Crippen LogP contribution in [0, 0.1) is 13.8 Å². The molecule has 1 atom stereocenters. The Bertz CT molecular complexity index is 324. The Morgan fingerprint density at radius 2 is 1.81 bits per heavy atom. The van der Waals surface area contributed by atoms with Gasteiger partial charge in [-0.3, -0.25) is 0 Å². The Morgan fingerprint density at radius 1 is 1.25 bits per heavy atom. The monoisotopic (exact) mass is 224 g/mol. The van der Waals surface area contributed by atoms with Gasteiger partial charge >= 0.3 is 0 Å². The molecule has 0 radical (unpaired) electrons. The van der Waals surface area contributed by atoms with Crippen LogP contribution in [0.2, 0.25) is 0 Å². The van der Waals surface area contributed by atoms with E-state index in [4.69, 9.17) is 9.84 Å². The van der Waals surface area contributed by atoms with Crippen LogP contribution in [0.4, 0.5) is 0 Å². The molecule has 3 nitrogen and oxygen atoms in total. The highest BCUT2D eigenvalue weighted by Gasteiger charge is 2.08. The zero-order valence-electron chi connectivity index (χ0n) is 10.2. The van der Waals surface area contributed by atoms with Gasteiger partial charge in [0.15, 0.2) is 0 Å². The van der Waals surface area contributed by atoms with Crippen molar-refractivity contribution in [3.63, 3.8) is 0 Å². The highest BCUT2D eigenvalue weighted by molar-refractivity contribution is 5.43. The van der Waals surface area contributed by atoms with Gasteiger partial charge in [-0.1, -0.05) is 19.1 Å². The van der Waals surface area contributed by atoms with Crippen LogP contribution in [0.25, 0.3) is 0 Å². The maximum absolute atomic E-state index is 9.44. The molecule has 3 heteroatoms. The minimum Gasteiger partial charge on any atom is -0.490 e. The van der Waals surface area contributed by atoms with Crippen molar-refractivity contribution in [2.45, 2.75) is 39.9 Å². The fraction of sp³-hybridized carbons (Fsp3) is 0.538. The van der Waals surface area contributed by atoms with Gasteiger partial charge in [-0.05, 0) is 37.0 Å². The summed E-state index contributed by atoms with van der Waals surface area (Å²) in [5.41, 5.74) is 2.87. The van der Waals surface area contributed by atoms with Gasteiger partial charge in [0.1, 0.15) is 12.4 Å². The summed E-state index contributed by atoms with van der Waals surface area (Å²) in [6.07, 6.45) is 0.267. The second kappa shape index (κ2) is 5.87. The van der Waals surface area contributed by atoms with Crippen LogP contribution in [-0.4, -0.2) is 22.9 Å². The number of aryl methyl sites for hydroxylation is 2. The second-order valence-corrected chi connectivity index (χ2v) is 4.09. The number of aliphatic hydroxyl groups excluding tert-OH is 2. The predicted molar refractivity (Wildman–Crippen MR) is 63.6 cm³/mol. The summed E-state index contributed by atoms with van der Waals surface area (Å²) >= 11 is 0. The van der Waals surface area contributed by atoms with Gasteiger partial charge in [-0.15, -0.1) is 0 Å². The predicted octanol–water partition coefficient (Wildman–Crippen LogP) is 1.95. The van der Waals surface area contributed by atoms with Gasteiger partial charge in [0.25, 0.3) is 0 Å². The third-order valence-electron chi connectivity index (χ3n) is 2.59. The van der Waals surface area contributed by atoms with E-state index in [2.05, 4.69) is 0 Å². The van der Waals surface area contributed by atoms with Gasteiger partial charge in [-0.2, -0.15) is 0 Å². The van der Waals surface area contributed by atoms with Crippen LogP contribution < -0.4 is 4.74 Å². The molecule has 0 amide bonds. The van der Waals surface area contributed by atoms with E-state index in [0.717, 1.165) is 22.4 Å². The van der Waals surface area contributed by atoms with Crippen molar-refractivity contribution in [3.05, 3.63) is 28.8 Å². The zero-order chi connectivity index (χ0) is 12.1. The molecule has 0 aliphatic rings. The lowest BCUT2D eigenvalue weighted by Gasteiger charge is -2.15. The standard InChI is InChI=1S/C13H20O3/c1-4-12(15)8-16-13-9(2)5-11(7-14)6-10(13)3/h5-6,12,14-15H,4,7-8H2,1-3H3. The first-order valence-corrected chi connectivity index (χ1v) is 5.60. The quantitative estimate of drug-likeness (QED) is 0.803. The maximum atomic E-state index is 9.44. The van der Waals surface area contributed by atoms with Crippen molar-refractivity contribution in [3.8, 4) is 5.75 Å². The Hall–Kier alpha value is -1.06. The number of ether oxygens (including phenoxy) is 1. The molecule has 0 aliphatic carbocycles. The van der Waals surface area contributed by atoms with Crippen molar-refractivity contribution in [2.75, 3.05) is 6.61 Å². The maximum Gasteiger partial charge on any atom is 0.125 e. The first-order chi connectivity index (χ1) is 7.58. The molecule has 0 fully saturated rings. The zero-order valence-corrected chi connectivity index (χ0v) is 10.2. The summed E-state index contributed by atoms with van der Waals surface area (Å²) in [6.45, 7) is 6.17. The third kappa shape index (κ3) is 3.22. The molecule has 1 aromatic carbocycles. The molecule has 0 heterocycles. The fourth-order valence-electron chi connectivity index (χ4n) is 1.66. The number of hydrogen-bond acceptors (Lipinski definition) is 3. The van der Waals surface area contributed by atoms with E-state index < -0.39 is 6.10 Å². The first-order valence-electron chi connectivity index (χ1n) is 5.60. The third-order valence-corrected chi connectivity index (χ3v) is 2.59. The second-order valence-electron chi connectivity index (χ2n) is 4.09. The highest BCUT2D eigenvalue weighted by atomic mass is 16.5. The molecule has 0 aromatic heterocycles. The summed E-state index contributed by atoms with van der Waals surface area (Å²) in [5.74, 6) is 0.810. The average molecular weight is 224 g/mol. The van der Waals surface area contributed by atoms with Gasteiger partial charge in [0.05, 0.1) is 12.7 Å². The molecule has 0 bridgehead atoms. The molecule has 2 N–H and O–H groups in total. The molecular weight excluding hydrogens is 204 g/mol. The van der Waals surface area contributed by atoms with Crippen molar-refractivity contribution < 1.29 is 14.9 Å². The Kier molecular flexibility index (Phi) is 4.77. The lowest BCUT2D eigenvalue weighted by Crippen LogP contribution is -2.17. The number of aliphatic hydroxyl groups is 2. The highest BCUT2D eigenvalue weighted by Crippen LogP contribution is 2.25. The van der Waals surface area contributed by atoms with Crippen LogP contribution in [0.1, 0.15) is 30.0 Å². The molecular formula is C13H20O3. The van der Waals surface area contributed by atoms with E-state index >= 15 is 0 Å². The van der Waals surface area contributed by atoms with Gasteiger partial charge in [0, 0.05) is 0 Å². The van der Waals surface area contributed by atoms with Gasteiger partial charge in [0.2, 0.25) is 0 Å². The smallest absolute Gasteiger partial charge is 0.125 e. The van der Waals surface area contributed by atoms with Crippen LogP contribution in [0.3, 0.4) is 0 Å². The van der Waals surface area contributed by atoms with Crippen LogP contribution in [0.5, 0.6) is 5.75 Å². The number of rotatable bonds is 5. The number of benzene rings is 1. The van der Waals surface area contributed by atoms with E-state index in [9.17, 15) is 5.11 Å². The van der Waals surface area contributed by atoms with Crippen LogP contribution >= 0.6 is 0 Å². The Labute approximate surface area is 96.7 Å². The summed E-state index contributed by atoms with van der Waals surface area (Å²) in [4.78, 5) is 0. The molecule has 1 rings (SSSR count). The fourth-order valence-corrected chi connectivity index (χ4v) is 1.66. The lowest BCUT2D eigenvalue weighted by atomic mass is 10.1. The normalized spacial score (nSPS) is 12.6. The van der Waals surface area contributed by atoms with Crippen LogP contribution in [-0.2, 0) is 6.61 Å². The van der Waals surface area contributed by atoms with E-state index in [0.29, 0.717) is 13.0 Å². The Balaban J connectivity index is 2.80. The lowest BCUT2D eigenvalue weighted by molar-refractivity contribution is 0.103. The Morgan fingerprint density at radius 3 is 2.25 bits per heavy atom. The van der Waals surface area contributed by atoms with E-state index in [1.165, 1.54) is 0 Å². The largest absolute Gasteiger partial charge is 0.490 e. The molecule has 90 valence electrons. The molecule has 0 aliphatic heterocycles. The topological polar surface area (TPSA) is 49.7 Å². The van der Waals surface area contributed by atoms with Crippen molar-refractivity contribution in [2.24, 2.45) is 0 Å². The summed E-state index contributed by atoms with van der Waals surface area (Å²) in [7, 11) is 0. The van der Waals surface area contributed by atoms with Crippen LogP contribution in [0.15, 0.2) is 12.1 Å². The minimum atomic E-state index is -0.420. The molecule has 0 saturated carbocycles. The summed E-state index contributed by atoms with van der Waals surface area (Å²) in [5, 5.41) is 18.5. The molecule has 1 aromatic rings. The van der Waals surface area contributed by atoms with E-state index in [-0.39, 0.29) is 6.61 Å². The average Bonchev–Trinajstić information content (AvgIpc) is 2.27. The van der Waals surface area contributed by atoms with Crippen molar-refractivity contribution in [1.29, 1.82) is 0 Å². The summed E-state index contributed by atoms with van der Waals surface area (Å²) < 4.78 is 5.59. The molecule has 16 heavy (non-hydrogen) atoms. The minimum absolute atomic E-state index is 0.0412. The van der Waals surface area contributed by atoms with Gasteiger partial charge < -0.3 is 14.9 Å². The SMILES string of the molecule is CCC(O)COc1c(C)cc(CO)cc1C. The summed E-state index contributed by atoms with van der Waals surface area (Å²) in [6, 6.07) is 3.81. The molecule has 0 spiro atoms. The molecule has 0 saturated heterocycles. The van der Waals surface area contributed by atoms with E-state index in [1.54, 1.807) is 0 Å². The van der Waals surface area contributed by atoms with Gasteiger partial charge in [-0.25, -0.2) is 0 Å². The van der Waals surface area contributed by atoms with Crippen molar-refractivity contribution in [1.82, 2.24) is 0 Å².